The molecule has 2 aromatic rings. The second kappa shape index (κ2) is 12.8. The Labute approximate surface area is 171 Å². The standard InChI is InChI=1S/C22H31BrN2O2/c23-21-19(10-11-20(26)22(21)27)13-17-25-15-7-2-1-6-14-24-16-12-18-8-4-3-5-9-18/h3-5,8-11,24-27H,1-2,6-7,12-17H2. The molecule has 0 aliphatic carbocycles. The summed E-state index contributed by atoms with van der Waals surface area (Å²) in [5, 5.41) is 26.1. The number of phenolic OH excluding ortho intramolecular Hbond substituents is 2. The molecule has 4 N–H and O–H groups in total. The molecule has 2 aromatic carbocycles. The van der Waals surface area contributed by atoms with Gasteiger partial charge >= 0.3 is 0 Å². The minimum absolute atomic E-state index is 0.0788. The number of hydrogen-bond acceptors (Lipinski definition) is 4. The van der Waals surface area contributed by atoms with E-state index in [1.54, 1.807) is 0 Å². The van der Waals surface area contributed by atoms with Crippen LogP contribution in [0.25, 0.3) is 0 Å². The lowest BCUT2D eigenvalue weighted by atomic mass is 10.1. The molecule has 27 heavy (non-hydrogen) atoms. The Bertz CT molecular complexity index is 665. The van der Waals surface area contributed by atoms with Crippen LogP contribution in [-0.2, 0) is 12.8 Å². The number of unbranched alkanes of at least 4 members (excludes halogenated alkanes) is 3. The molecular formula is C22H31BrN2O2. The highest BCUT2D eigenvalue weighted by Gasteiger charge is 2.08. The van der Waals surface area contributed by atoms with Crippen molar-refractivity contribution in [3.05, 3.63) is 58.1 Å². The first-order valence-electron chi connectivity index (χ1n) is 9.83. The Kier molecular flexibility index (Phi) is 10.3. The van der Waals surface area contributed by atoms with Gasteiger partial charge in [-0.2, -0.15) is 0 Å². The maximum atomic E-state index is 9.70. The topological polar surface area (TPSA) is 64.5 Å². The van der Waals surface area contributed by atoms with E-state index in [1.807, 2.05) is 6.07 Å². The molecule has 2 rings (SSSR count). The van der Waals surface area contributed by atoms with Crippen molar-refractivity contribution < 1.29 is 10.2 Å². The van der Waals surface area contributed by atoms with E-state index in [0.29, 0.717) is 4.47 Å². The summed E-state index contributed by atoms with van der Waals surface area (Å²) < 4.78 is 0.587. The molecule has 0 atom stereocenters. The normalized spacial score (nSPS) is 11.0. The van der Waals surface area contributed by atoms with E-state index in [-0.39, 0.29) is 11.5 Å². The second-order valence-corrected chi connectivity index (χ2v) is 7.60. The molecule has 0 heterocycles. The smallest absolute Gasteiger partial charge is 0.172 e. The molecule has 0 aliphatic rings. The lowest BCUT2D eigenvalue weighted by molar-refractivity contribution is 0.400. The number of rotatable bonds is 13. The monoisotopic (exact) mass is 434 g/mol. The molecule has 0 aliphatic heterocycles. The zero-order chi connectivity index (χ0) is 19.3. The zero-order valence-corrected chi connectivity index (χ0v) is 17.5. The van der Waals surface area contributed by atoms with Gasteiger partial charge in [0.25, 0.3) is 0 Å². The summed E-state index contributed by atoms with van der Waals surface area (Å²) in [6.07, 6.45) is 6.84. The summed E-state index contributed by atoms with van der Waals surface area (Å²) in [4.78, 5) is 0. The van der Waals surface area contributed by atoms with Crippen molar-refractivity contribution in [1.82, 2.24) is 10.6 Å². The summed E-state index contributed by atoms with van der Waals surface area (Å²) in [7, 11) is 0. The minimum Gasteiger partial charge on any atom is -0.504 e. The Balaban J connectivity index is 1.40. The SMILES string of the molecule is Oc1ccc(CCNCCCCCCNCCc2ccccc2)c(Br)c1O. The van der Waals surface area contributed by atoms with Crippen LogP contribution in [0.3, 0.4) is 0 Å². The van der Waals surface area contributed by atoms with Crippen LogP contribution in [0.2, 0.25) is 0 Å². The number of benzene rings is 2. The van der Waals surface area contributed by atoms with E-state index < -0.39 is 0 Å². The summed E-state index contributed by atoms with van der Waals surface area (Å²) >= 11 is 3.33. The summed E-state index contributed by atoms with van der Waals surface area (Å²) in [6.45, 7) is 4.03. The molecule has 0 bridgehead atoms. The van der Waals surface area contributed by atoms with Gasteiger partial charge in [-0.25, -0.2) is 0 Å². The fourth-order valence-electron chi connectivity index (χ4n) is 2.99. The number of halogens is 1. The highest BCUT2D eigenvalue weighted by atomic mass is 79.9. The molecule has 0 fully saturated rings. The fourth-order valence-corrected chi connectivity index (χ4v) is 3.53. The number of nitrogens with one attached hydrogen (secondary N) is 2. The van der Waals surface area contributed by atoms with Crippen molar-refractivity contribution in [1.29, 1.82) is 0 Å². The van der Waals surface area contributed by atoms with Crippen molar-refractivity contribution in [3.63, 3.8) is 0 Å². The van der Waals surface area contributed by atoms with Gasteiger partial charge in [0, 0.05) is 0 Å². The van der Waals surface area contributed by atoms with Crippen LogP contribution in [0.5, 0.6) is 11.5 Å². The summed E-state index contributed by atoms with van der Waals surface area (Å²) in [5.41, 5.74) is 2.39. The van der Waals surface area contributed by atoms with Crippen LogP contribution < -0.4 is 10.6 Å². The van der Waals surface area contributed by atoms with Crippen LogP contribution in [0.15, 0.2) is 46.9 Å². The first-order chi connectivity index (χ1) is 13.2. The van der Waals surface area contributed by atoms with Gasteiger partial charge in [0.1, 0.15) is 0 Å². The molecular weight excluding hydrogens is 404 g/mol. The Morgan fingerprint density at radius 1 is 0.704 bits per heavy atom. The minimum atomic E-state index is -0.0897. The van der Waals surface area contributed by atoms with Crippen molar-refractivity contribution >= 4 is 15.9 Å². The van der Waals surface area contributed by atoms with E-state index in [0.717, 1.165) is 44.6 Å². The molecule has 0 saturated heterocycles. The van der Waals surface area contributed by atoms with Gasteiger partial charge in [-0.3, -0.25) is 0 Å². The lowest BCUT2D eigenvalue weighted by Crippen LogP contribution is -2.19. The highest BCUT2D eigenvalue weighted by molar-refractivity contribution is 9.10. The Morgan fingerprint density at radius 2 is 1.33 bits per heavy atom. The zero-order valence-electron chi connectivity index (χ0n) is 15.9. The largest absolute Gasteiger partial charge is 0.504 e. The van der Waals surface area contributed by atoms with Gasteiger partial charge in [0.15, 0.2) is 11.5 Å². The van der Waals surface area contributed by atoms with Crippen LogP contribution in [-0.4, -0.2) is 36.4 Å². The average Bonchev–Trinajstić information content (AvgIpc) is 2.69. The maximum absolute atomic E-state index is 9.70. The summed E-state index contributed by atoms with van der Waals surface area (Å²) in [6, 6.07) is 14.0. The quantitative estimate of drug-likeness (QED) is 0.279. The average molecular weight is 435 g/mol. The van der Waals surface area contributed by atoms with Crippen LogP contribution in [0, 0.1) is 0 Å². The molecule has 0 unspecified atom stereocenters. The first-order valence-corrected chi connectivity index (χ1v) is 10.6. The Morgan fingerprint density at radius 3 is 2.00 bits per heavy atom. The highest BCUT2D eigenvalue weighted by Crippen LogP contribution is 2.35. The molecule has 148 valence electrons. The third-order valence-corrected chi connectivity index (χ3v) is 5.52. The molecule has 0 amide bonds. The van der Waals surface area contributed by atoms with Crippen molar-refractivity contribution in [2.24, 2.45) is 0 Å². The number of hydrogen-bond donors (Lipinski definition) is 4. The predicted octanol–water partition coefficient (Wildman–Crippen LogP) is 4.39. The molecule has 0 spiro atoms. The van der Waals surface area contributed by atoms with E-state index in [1.165, 1.54) is 37.3 Å². The van der Waals surface area contributed by atoms with Gasteiger partial charge in [0.05, 0.1) is 4.47 Å². The van der Waals surface area contributed by atoms with E-state index in [4.69, 9.17) is 0 Å². The predicted molar refractivity (Wildman–Crippen MR) is 116 cm³/mol. The molecule has 4 nitrogen and oxygen atoms in total. The van der Waals surface area contributed by atoms with Gasteiger partial charge in [-0.15, -0.1) is 0 Å². The first kappa shape index (κ1) is 21.7. The van der Waals surface area contributed by atoms with Crippen molar-refractivity contribution in [3.8, 4) is 11.5 Å². The van der Waals surface area contributed by atoms with Crippen molar-refractivity contribution in [2.45, 2.75) is 38.5 Å². The van der Waals surface area contributed by atoms with Gasteiger partial charge in [-0.1, -0.05) is 49.2 Å². The number of aromatic hydroxyl groups is 2. The van der Waals surface area contributed by atoms with Gasteiger partial charge < -0.3 is 20.8 Å². The lowest BCUT2D eigenvalue weighted by Gasteiger charge is -2.09. The summed E-state index contributed by atoms with van der Waals surface area (Å²) in [5.74, 6) is -0.169. The molecule has 5 heteroatoms. The van der Waals surface area contributed by atoms with Crippen LogP contribution >= 0.6 is 15.9 Å². The molecule has 0 saturated carbocycles. The maximum Gasteiger partial charge on any atom is 0.172 e. The fraction of sp³-hybridized carbons (Fsp3) is 0.455. The second-order valence-electron chi connectivity index (χ2n) is 6.81. The van der Waals surface area contributed by atoms with E-state index in [2.05, 4.69) is 56.9 Å². The number of phenols is 2. The third-order valence-electron chi connectivity index (χ3n) is 4.64. The Hall–Kier alpha value is -1.56. The third kappa shape index (κ3) is 8.33. The van der Waals surface area contributed by atoms with E-state index in [9.17, 15) is 10.2 Å². The van der Waals surface area contributed by atoms with Crippen molar-refractivity contribution in [2.75, 3.05) is 26.2 Å². The van der Waals surface area contributed by atoms with Crippen LogP contribution in [0.1, 0.15) is 36.8 Å². The van der Waals surface area contributed by atoms with Crippen LogP contribution in [0.4, 0.5) is 0 Å². The molecule has 0 aromatic heterocycles. The van der Waals surface area contributed by atoms with E-state index >= 15 is 0 Å². The molecule has 0 radical (unpaired) electrons. The van der Waals surface area contributed by atoms with Gasteiger partial charge in [0.2, 0.25) is 0 Å². The van der Waals surface area contributed by atoms with Gasteiger partial charge in [-0.05, 0) is 85.0 Å².